The van der Waals surface area contributed by atoms with Crippen molar-refractivity contribution in [2.75, 3.05) is 33.3 Å². The average Bonchev–Trinajstić information content (AvgIpc) is 3.50. The van der Waals surface area contributed by atoms with Crippen LogP contribution in [0.5, 0.6) is 17.2 Å². The third-order valence-electron chi connectivity index (χ3n) is 10.8. The second kappa shape index (κ2) is 11.7. The lowest BCUT2D eigenvalue weighted by Gasteiger charge is -2.62. The number of benzene rings is 2. The van der Waals surface area contributed by atoms with Gasteiger partial charge in [0.2, 0.25) is 6.79 Å². The van der Waals surface area contributed by atoms with E-state index in [1.165, 1.54) is 11.1 Å². The number of cyclic esters (lactones) is 1. The molecule has 0 spiro atoms. The highest BCUT2D eigenvalue weighted by Gasteiger charge is 2.60. The molecule has 0 aromatic heterocycles. The van der Waals surface area contributed by atoms with Gasteiger partial charge in [-0.1, -0.05) is 6.07 Å². The predicted octanol–water partition coefficient (Wildman–Crippen LogP) is 5.11. The minimum atomic E-state index is -0.930. The predicted molar refractivity (Wildman–Crippen MR) is 180 cm³/mol. The van der Waals surface area contributed by atoms with Gasteiger partial charge in [-0.15, -0.1) is 11.8 Å². The maximum absolute atomic E-state index is 13.7. The molecule has 12 heteroatoms. The standard InChI is InChI=1S/C36H44N4O7S/c1-16-10-20-11-22-23(12-37)40-24-13-44-34(41)21(38-35(42)47-36(5,6)7)14-48-33(26-17(2)18(3)31-32(27(24)26)46-15-45-31)29(40)28(39(22)8)25(20)19(4)30(16)43-9/h10,21-24,28-29,33H,11,13-15H2,1-9H3,(H,38,42)/t21?,22-,23-,24-,28+,29?,33+/m0/s1. The fourth-order valence-electron chi connectivity index (χ4n) is 8.81. The number of hydrogen-bond acceptors (Lipinski definition) is 11. The molecule has 2 aromatic rings. The number of thioether (sulfide) groups is 1. The summed E-state index contributed by atoms with van der Waals surface area (Å²) < 4.78 is 29.8. The lowest BCUT2D eigenvalue weighted by Crippen LogP contribution is -2.69. The molecule has 48 heavy (non-hydrogen) atoms. The van der Waals surface area contributed by atoms with Gasteiger partial charge >= 0.3 is 12.1 Å². The number of ether oxygens (including phenoxy) is 5. The molecule has 5 heterocycles. The molecule has 1 amide bonds. The van der Waals surface area contributed by atoms with Crippen molar-refractivity contribution in [3.8, 4) is 23.3 Å². The molecular formula is C36H44N4O7S. The topological polar surface area (TPSA) is 123 Å². The number of nitrogens with zero attached hydrogens (tertiary/aromatic N) is 3. The van der Waals surface area contributed by atoms with Crippen molar-refractivity contribution in [3.63, 3.8) is 0 Å². The zero-order valence-corrected chi connectivity index (χ0v) is 29.9. The first-order valence-electron chi connectivity index (χ1n) is 16.5. The molecule has 1 N–H and O–H groups in total. The number of hydrogen-bond donors (Lipinski definition) is 1. The van der Waals surface area contributed by atoms with Gasteiger partial charge in [-0.05, 0) is 101 Å². The fourth-order valence-corrected chi connectivity index (χ4v) is 10.4. The van der Waals surface area contributed by atoms with E-state index < -0.39 is 35.8 Å². The molecule has 2 aromatic carbocycles. The van der Waals surface area contributed by atoms with Crippen molar-refractivity contribution in [1.82, 2.24) is 15.1 Å². The molecule has 0 aliphatic carbocycles. The molecule has 2 fully saturated rings. The van der Waals surface area contributed by atoms with Gasteiger partial charge in [0.1, 0.15) is 30.0 Å². The van der Waals surface area contributed by atoms with E-state index in [0.29, 0.717) is 17.9 Å². The Kier molecular flexibility index (Phi) is 8.04. The number of carbonyl (C=O) groups excluding carboxylic acids is 2. The van der Waals surface area contributed by atoms with Crippen LogP contribution in [0, 0.1) is 39.0 Å². The number of esters is 1. The molecule has 0 saturated carbocycles. The summed E-state index contributed by atoms with van der Waals surface area (Å²) in [6.07, 6.45) is 0.0351. The molecule has 0 radical (unpaired) electrons. The van der Waals surface area contributed by atoms with Crippen molar-refractivity contribution in [1.29, 1.82) is 5.26 Å². The molecule has 5 aliphatic rings. The van der Waals surface area contributed by atoms with Crippen molar-refractivity contribution in [3.05, 3.63) is 50.6 Å². The van der Waals surface area contributed by atoms with Crippen LogP contribution in [0.25, 0.3) is 0 Å². The highest BCUT2D eigenvalue weighted by atomic mass is 32.2. The first-order valence-corrected chi connectivity index (χ1v) is 17.6. The number of nitriles is 1. The van der Waals surface area contributed by atoms with E-state index in [0.717, 1.165) is 39.1 Å². The van der Waals surface area contributed by atoms with Crippen molar-refractivity contribution < 1.29 is 33.3 Å². The number of aryl methyl sites for hydroxylation is 1. The van der Waals surface area contributed by atoms with E-state index in [9.17, 15) is 14.9 Å². The van der Waals surface area contributed by atoms with Crippen LogP contribution in [0.2, 0.25) is 0 Å². The normalized spacial score (nSPS) is 29.2. The molecule has 2 saturated heterocycles. The highest BCUT2D eigenvalue weighted by Crippen LogP contribution is 2.61. The van der Waals surface area contributed by atoms with Gasteiger partial charge in [0.15, 0.2) is 11.5 Å². The Morgan fingerprint density at radius 3 is 2.48 bits per heavy atom. The zero-order valence-electron chi connectivity index (χ0n) is 29.1. The van der Waals surface area contributed by atoms with Crippen LogP contribution in [-0.4, -0.2) is 84.9 Å². The van der Waals surface area contributed by atoms with Gasteiger partial charge in [-0.2, -0.15) is 5.26 Å². The van der Waals surface area contributed by atoms with Gasteiger partial charge < -0.3 is 29.0 Å². The quantitative estimate of drug-likeness (QED) is 0.427. The zero-order chi connectivity index (χ0) is 34.4. The Morgan fingerprint density at radius 2 is 1.79 bits per heavy atom. The fraction of sp³-hybridized carbons (Fsp3) is 0.583. The molecule has 5 aliphatic heterocycles. The largest absolute Gasteiger partial charge is 0.496 e. The number of carbonyl (C=O) groups is 2. The third-order valence-corrected chi connectivity index (χ3v) is 12.2. The molecule has 4 bridgehead atoms. The number of methoxy groups -OCH3 is 1. The summed E-state index contributed by atoms with van der Waals surface area (Å²) in [4.78, 5) is 31.3. The van der Waals surface area contributed by atoms with Crippen LogP contribution < -0.4 is 19.5 Å². The van der Waals surface area contributed by atoms with Crippen LogP contribution >= 0.6 is 11.8 Å². The minimum absolute atomic E-state index is 0.0189. The summed E-state index contributed by atoms with van der Waals surface area (Å²) in [5.74, 6) is 1.94. The summed E-state index contributed by atoms with van der Waals surface area (Å²) in [7, 11) is 3.85. The van der Waals surface area contributed by atoms with E-state index in [1.54, 1.807) is 39.6 Å². The molecule has 7 rings (SSSR count). The van der Waals surface area contributed by atoms with Crippen molar-refractivity contribution in [2.24, 2.45) is 0 Å². The SMILES string of the molecule is COc1c(C)cc2c(c1C)[C@@H]1C3[C@@H]4SCC(NC(=O)OC(C)(C)C)C(=O)OC[C@@H](c5c6c(c(C)c(C)c54)OCO6)N3[C@@H](C#N)[C@H](C2)N1C. The molecule has 11 nitrogen and oxygen atoms in total. The number of alkyl carbamates (subject to hydrolysis) is 1. The average molecular weight is 677 g/mol. The van der Waals surface area contributed by atoms with E-state index in [4.69, 9.17) is 23.7 Å². The second-order valence-electron chi connectivity index (χ2n) is 14.6. The van der Waals surface area contributed by atoms with E-state index >= 15 is 0 Å². The number of nitrogens with one attached hydrogen (secondary N) is 1. The third kappa shape index (κ3) is 4.91. The number of fused-ring (bicyclic) bond motifs is 9. The van der Waals surface area contributed by atoms with Gasteiger partial charge in [0.25, 0.3) is 0 Å². The molecule has 7 atom stereocenters. The van der Waals surface area contributed by atoms with Crippen LogP contribution in [0.4, 0.5) is 4.79 Å². The van der Waals surface area contributed by atoms with Crippen LogP contribution in [0.1, 0.15) is 82.6 Å². The van der Waals surface area contributed by atoms with Crippen molar-refractivity contribution >= 4 is 23.8 Å². The van der Waals surface area contributed by atoms with Crippen LogP contribution in [0.15, 0.2) is 6.07 Å². The lowest BCUT2D eigenvalue weighted by molar-refractivity contribution is -0.151. The summed E-state index contributed by atoms with van der Waals surface area (Å²) in [6, 6.07) is 2.63. The molecule has 256 valence electrons. The number of likely N-dealkylation sites (N-methyl/N-ethyl adjacent to an activating group) is 1. The summed E-state index contributed by atoms with van der Waals surface area (Å²) in [5.41, 5.74) is 8.06. The van der Waals surface area contributed by atoms with Crippen molar-refractivity contribution in [2.45, 2.75) is 102 Å². The van der Waals surface area contributed by atoms with E-state index in [2.05, 4.69) is 62.0 Å². The van der Waals surface area contributed by atoms with E-state index in [1.807, 2.05) is 0 Å². The highest BCUT2D eigenvalue weighted by molar-refractivity contribution is 7.99. The smallest absolute Gasteiger partial charge is 0.408 e. The summed E-state index contributed by atoms with van der Waals surface area (Å²) in [5, 5.41) is 13.6. The van der Waals surface area contributed by atoms with Crippen LogP contribution in [0.3, 0.4) is 0 Å². The van der Waals surface area contributed by atoms with E-state index in [-0.39, 0.29) is 42.5 Å². The first-order chi connectivity index (χ1) is 22.8. The van der Waals surface area contributed by atoms with Gasteiger partial charge in [0.05, 0.1) is 25.3 Å². The first kappa shape index (κ1) is 32.9. The maximum atomic E-state index is 13.7. The Hall–Kier alpha value is -3.66. The Bertz CT molecular complexity index is 1750. The Morgan fingerprint density at radius 1 is 1.06 bits per heavy atom. The summed E-state index contributed by atoms with van der Waals surface area (Å²) in [6.45, 7) is 13.8. The monoisotopic (exact) mass is 676 g/mol. The van der Waals surface area contributed by atoms with Crippen LogP contribution in [-0.2, 0) is 20.7 Å². The second-order valence-corrected chi connectivity index (χ2v) is 15.7. The Labute approximate surface area is 286 Å². The molecule has 2 unspecified atom stereocenters. The van der Waals surface area contributed by atoms with Gasteiger partial charge in [-0.3, -0.25) is 9.80 Å². The number of rotatable bonds is 2. The lowest BCUT2D eigenvalue weighted by atomic mass is 9.70. The van der Waals surface area contributed by atoms with Gasteiger partial charge in [0, 0.05) is 28.6 Å². The van der Waals surface area contributed by atoms with Gasteiger partial charge in [-0.25, -0.2) is 9.59 Å². The molecular weight excluding hydrogens is 632 g/mol. The maximum Gasteiger partial charge on any atom is 0.408 e. The number of piperazine rings is 1. The minimum Gasteiger partial charge on any atom is -0.496 e. The number of amides is 1. The Balaban J connectivity index is 1.44. The summed E-state index contributed by atoms with van der Waals surface area (Å²) >= 11 is 1.60.